The number of hydrogen-bond donors (Lipinski definition) is 1. The molecule has 0 saturated carbocycles. The molecule has 24 heavy (non-hydrogen) atoms. The fraction of sp³-hybridized carbons (Fsp3) is 0.190. The quantitative estimate of drug-likeness (QED) is 0.655. The van der Waals surface area contributed by atoms with E-state index in [2.05, 4.69) is 29.6 Å². The first kappa shape index (κ1) is 16.1. The molecule has 0 aromatic heterocycles. The van der Waals surface area contributed by atoms with Crippen LogP contribution >= 0.6 is 0 Å². The molecule has 0 atom stereocenters. The van der Waals surface area contributed by atoms with Crippen molar-refractivity contribution in [2.24, 2.45) is 0 Å². The zero-order valence-corrected chi connectivity index (χ0v) is 13.6. The summed E-state index contributed by atoms with van der Waals surface area (Å²) in [5, 5.41) is 5.65. The second kappa shape index (κ2) is 8.16. The van der Waals surface area contributed by atoms with Crippen LogP contribution in [0.4, 0.5) is 5.69 Å². The first-order valence-electron chi connectivity index (χ1n) is 8.24. The highest BCUT2D eigenvalue weighted by atomic mass is 16.5. The highest BCUT2D eigenvalue weighted by Gasteiger charge is 2.05. The van der Waals surface area contributed by atoms with Gasteiger partial charge in [0.05, 0.1) is 13.0 Å². The summed E-state index contributed by atoms with van der Waals surface area (Å²) in [6.07, 6.45) is 1.10. The van der Waals surface area contributed by atoms with Crippen molar-refractivity contribution < 1.29 is 9.53 Å². The molecule has 3 rings (SSSR count). The zero-order valence-electron chi connectivity index (χ0n) is 13.6. The van der Waals surface area contributed by atoms with Crippen LogP contribution in [0, 0.1) is 0 Å². The lowest BCUT2D eigenvalue weighted by molar-refractivity contribution is -0.143. The van der Waals surface area contributed by atoms with Crippen molar-refractivity contribution >= 4 is 22.4 Å². The van der Waals surface area contributed by atoms with E-state index in [-0.39, 0.29) is 5.97 Å². The topological polar surface area (TPSA) is 38.3 Å². The molecule has 0 aliphatic heterocycles. The third-order valence-electron chi connectivity index (χ3n) is 3.95. The lowest BCUT2D eigenvalue weighted by Crippen LogP contribution is -2.13. The standard InChI is InChI=1S/C21H21NO2/c23-21(13-15-22-19-10-2-1-3-11-19)24-16-14-18-9-6-8-17-7-4-5-12-20(17)18/h1-12,22H,13-16H2. The van der Waals surface area contributed by atoms with Gasteiger partial charge >= 0.3 is 5.97 Å². The number of hydrogen-bond acceptors (Lipinski definition) is 3. The largest absolute Gasteiger partial charge is 0.465 e. The minimum Gasteiger partial charge on any atom is -0.465 e. The summed E-state index contributed by atoms with van der Waals surface area (Å²) in [6.45, 7) is 0.995. The maximum atomic E-state index is 11.8. The molecule has 0 amide bonds. The van der Waals surface area contributed by atoms with Crippen LogP contribution in [0.2, 0.25) is 0 Å². The third kappa shape index (κ3) is 4.35. The Hall–Kier alpha value is -2.81. The van der Waals surface area contributed by atoms with Crippen molar-refractivity contribution in [2.75, 3.05) is 18.5 Å². The second-order valence-corrected chi connectivity index (χ2v) is 5.65. The van der Waals surface area contributed by atoms with Crippen LogP contribution in [-0.4, -0.2) is 19.1 Å². The van der Waals surface area contributed by atoms with Gasteiger partial charge in [-0.3, -0.25) is 4.79 Å². The molecule has 0 fully saturated rings. The van der Waals surface area contributed by atoms with E-state index in [0.717, 1.165) is 12.1 Å². The predicted molar refractivity (Wildman–Crippen MR) is 98.2 cm³/mol. The maximum absolute atomic E-state index is 11.8. The molecular formula is C21H21NO2. The van der Waals surface area contributed by atoms with Crippen molar-refractivity contribution in [3.63, 3.8) is 0 Å². The molecule has 0 bridgehead atoms. The van der Waals surface area contributed by atoms with Gasteiger partial charge in [-0.05, 0) is 28.5 Å². The summed E-state index contributed by atoms with van der Waals surface area (Å²) in [4.78, 5) is 11.8. The molecule has 122 valence electrons. The molecule has 1 N–H and O–H groups in total. The third-order valence-corrected chi connectivity index (χ3v) is 3.95. The first-order valence-corrected chi connectivity index (χ1v) is 8.24. The van der Waals surface area contributed by atoms with Crippen LogP contribution in [0.5, 0.6) is 0 Å². The highest BCUT2D eigenvalue weighted by molar-refractivity contribution is 5.85. The van der Waals surface area contributed by atoms with Crippen molar-refractivity contribution in [1.82, 2.24) is 0 Å². The molecule has 0 spiro atoms. The Kier molecular flexibility index (Phi) is 5.46. The number of ether oxygens (including phenoxy) is 1. The summed E-state index contributed by atoms with van der Waals surface area (Å²) in [5.74, 6) is -0.168. The predicted octanol–water partition coefficient (Wildman–Crippen LogP) is 4.43. The minimum atomic E-state index is -0.168. The number of rotatable bonds is 7. The molecule has 0 aliphatic rings. The summed E-state index contributed by atoms with van der Waals surface area (Å²) in [5.41, 5.74) is 2.23. The number of esters is 1. The number of para-hydroxylation sites is 1. The van der Waals surface area contributed by atoms with Gasteiger partial charge in [-0.2, -0.15) is 0 Å². The molecule has 0 heterocycles. The second-order valence-electron chi connectivity index (χ2n) is 5.65. The van der Waals surface area contributed by atoms with Gasteiger partial charge in [-0.1, -0.05) is 60.7 Å². The Morgan fingerprint density at radius 2 is 1.62 bits per heavy atom. The Balaban J connectivity index is 1.43. The lowest BCUT2D eigenvalue weighted by Gasteiger charge is -2.09. The monoisotopic (exact) mass is 319 g/mol. The number of benzene rings is 3. The average molecular weight is 319 g/mol. The van der Waals surface area contributed by atoms with E-state index in [1.54, 1.807) is 0 Å². The summed E-state index contributed by atoms with van der Waals surface area (Å²) in [7, 11) is 0. The van der Waals surface area contributed by atoms with E-state index in [9.17, 15) is 4.79 Å². The SMILES string of the molecule is O=C(CCNc1ccccc1)OCCc1cccc2ccccc12. The average Bonchev–Trinajstić information content (AvgIpc) is 2.63. The molecular weight excluding hydrogens is 298 g/mol. The number of anilines is 1. The van der Waals surface area contributed by atoms with Crippen molar-refractivity contribution in [2.45, 2.75) is 12.8 Å². The van der Waals surface area contributed by atoms with Crippen LogP contribution in [0.15, 0.2) is 72.8 Å². The molecule has 0 aliphatic carbocycles. The van der Waals surface area contributed by atoms with E-state index in [4.69, 9.17) is 4.74 Å². The first-order chi connectivity index (χ1) is 11.8. The number of carbonyl (C=O) groups excluding carboxylic acids is 1. The molecule has 3 heteroatoms. The van der Waals surface area contributed by atoms with Crippen molar-refractivity contribution in [3.8, 4) is 0 Å². The van der Waals surface area contributed by atoms with E-state index in [1.165, 1.54) is 16.3 Å². The van der Waals surface area contributed by atoms with Crippen LogP contribution in [0.1, 0.15) is 12.0 Å². The van der Waals surface area contributed by atoms with Gasteiger partial charge in [0, 0.05) is 18.7 Å². The molecule has 3 aromatic carbocycles. The van der Waals surface area contributed by atoms with Gasteiger partial charge < -0.3 is 10.1 Å². The van der Waals surface area contributed by atoms with Gasteiger partial charge in [0.1, 0.15) is 0 Å². The number of nitrogens with one attached hydrogen (secondary N) is 1. The van der Waals surface area contributed by atoms with Gasteiger partial charge in [0.15, 0.2) is 0 Å². The summed E-state index contributed by atoms with van der Waals surface area (Å²) >= 11 is 0. The fourth-order valence-electron chi connectivity index (χ4n) is 2.72. The van der Waals surface area contributed by atoms with Crippen LogP contribution in [-0.2, 0) is 16.0 Å². The zero-order chi connectivity index (χ0) is 16.6. The van der Waals surface area contributed by atoms with Crippen molar-refractivity contribution in [1.29, 1.82) is 0 Å². The van der Waals surface area contributed by atoms with Gasteiger partial charge in [0.25, 0.3) is 0 Å². The van der Waals surface area contributed by atoms with E-state index in [1.807, 2.05) is 48.5 Å². The smallest absolute Gasteiger partial charge is 0.307 e. The van der Waals surface area contributed by atoms with E-state index >= 15 is 0 Å². The fourth-order valence-corrected chi connectivity index (χ4v) is 2.72. The van der Waals surface area contributed by atoms with Crippen LogP contribution < -0.4 is 5.32 Å². The highest BCUT2D eigenvalue weighted by Crippen LogP contribution is 2.18. The van der Waals surface area contributed by atoms with Gasteiger partial charge in [-0.15, -0.1) is 0 Å². The summed E-state index contributed by atoms with van der Waals surface area (Å²) < 4.78 is 5.35. The Bertz CT molecular complexity index is 794. The van der Waals surface area contributed by atoms with E-state index in [0.29, 0.717) is 19.6 Å². The van der Waals surface area contributed by atoms with Crippen molar-refractivity contribution in [3.05, 3.63) is 78.4 Å². The van der Waals surface area contributed by atoms with E-state index < -0.39 is 0 Å². The lowest BCUT2D eigenvalue weighted by atomic mass is 10.0. The summed E-state index contributed by atoms with van der Waals surface area (Å²) in [6, 6.07) is 24.4. The number of fused-ring (bicyclic) bond motifs is 1. The maximum Gasteiger partial charge on any atom is 0.307 e. The minimum absolute atomic E-state index is 0.168. The normalized spacial score (nSPS) is 10.5. The molecule has 3 nitrogen and oxygen atoms in total. The molecule has 3 aromatic rings. The van der Waals surface area contributed by atoms with Gasteiger partial charge in [-0.25, -0.2) is 0 Å². The Morgan fingerprint density at radius 1 is 0.875 bits per heavy atom. The van der Waals surface area contributed by atoms with Gasteiger partial charge in [0.2, 0.25) is 0 Å². The Morgan fingerprint density at radius 3 is 2.50 bits per heavy atom. The molecule has 0 saturated heterocycles. The number of carbonyl (C=O) groups is 1. The molecule has 0 unspecified atom stereocenters. The Labute approximate surface area is 142 Å². The molecule has 0 radical (unpaired) electrons. The van der Waals surface area contributed by atoms with Crippen LogP contribution in [0.3, 0.4) is 0 Å². The van der Waals surface area contributed by atoms with Crippen LogP contribution in [0.25, 0.3) is 10.8 Å².